The Morgan fingerprint density at radius 1 is 0.792 bits per heavy atom. The molecule has 0 atom stereocenters. The second-order valence-electron chi connectivity index (χ2n) is 5.16. The average molecular weight is 325 g/mol. The molecule has 0 unspecified atom stereocenters. The molecule has 0 spiro atoms. The van der Waals surface area contributed by atoms with Gasteiger partial charge in [-0.15, -0.1) is 0 Å². The Hall–Kier alpha value is -3.31. The second kappa shape index (κ2) is 6.44. The zero-order valence-electron chi connectivity index (χ0n) is 12.7. The van der Waals surface area contributed by atoms with E-state index in [1.807, 2.05) is 60.7 Å². The number of nitrogens with zero attached hydrogens (tertiary/aromatic N) is 3. The fraction of sp³-hybridized carbons (Fsp3) is 0. The van der Waals surface area contributed by atoms with Gasteiger partial charge in [0.05, 0.1) is 24.0 Å². The number of hydrogen-bond donors (Lipinski definition) is 0. The minimum atomic E-state index is -2.53. The van der Waals surface area contributed by atoms with Gasteiger partial charge >= 0.3 is 0 Å². The normalized spacial score (nSPS) is 15.3. The fourth-order valence-corrected chi connectivity index (χ4v) is 6.75. The van der Waals surface area contributed by atoms with Crippen LogP contribution in [0.25, 0.3) is 4.85 Å². The SMILES string of the molecule is [C-]#[N+]C1=CC(C#N)=CC(C#N)=P1(c1ccccc1)c1ccccc1. The van der Waals surface area contributed by atoms with E-state index in [9.17, 15) is 10.5 Å². The maximum atomic E-state index is 9.83. The van der Waals surface area contributed by atoms with Gasteiger partial charge in [-0.05, 0) is 22.8 Å². The molecule has 3 rings (SSSR count). The molecule has 0 fully saturated rings. The van der Waals surface area contributed by atoms with Crippen LogP contribution in [0, 0.1) is 29.2 Å². The number of allylic oxidation sites excluding steroid dienone is 3. The van der Waals surface area contributed by atoms with Gasteiger partial charge in [-0.1, -0.05) is 60.7 Å². The first-order valence-corrected chi connectivity index (χ1v) is 9.05. The van der Waals surface area contributed by atoms with Gasteiger partial charge in [0.15, 0.2) is 5.44 Å². The Morgan fingerprint density at radius 3 is 1.75 bits per heavy atom. The zero-order valence-corrected chi connectivity index (χ0v) is 13.6. The molecule has 24 heavy (non-hydrogen) atoms. The van der Waals surface area contributed by atoms with E-state index in [0.717, 1.165) is 10.6 Å². The van der Waals surface area contributed by atoms with Gasteiger partial charge in [-0.2, -0.15) is 10.5 Å². The van der Waals surface area contributed by atoms with Crippen molar-refractivity contribution >= 4 is 22.8 Å². The van der Waals surface area contributed by atoms with Gasteiger partial charge in [-0.3, -0.25) is 0 Å². The molecular weight excluding hydrogens is 313 g/mol. The molecule has 1 heterocycles. The number of rotatable bonds is 2. The van der Waals surface area contributed by atoms with Gasteiger partial charge in [0.1, 0.15) is 0 Å². The van der Waals surface area contributed by atoms with Crippen molar-refractivity contribution in [2.75, 3.05) is 0 Å². The summed E-state index contributed by atoms with van der Waals surface area (Å²) in [6.07, 6.45) is 3.25. The van der Waals surface area contributed by atoms with Crippen LogP contribution in [0.2, 0.25) is 0 Å². The van der Waals surface area contributed by atoms with Crippen molar-refractivity contribution in [1.82, 2.24) is 0 Å². The van der Waals surface area contributed by atoms with Crippen molar-refractivity contribution in [3.8, 4) is 12.1 Å². The van der Waals surface area contributed by atoms with E-state index in [1.165, 1.54) is 0 Å². The maximum absolute atomic E-state index is 9.83. The lowest BCUT2D eigenvalue weighted by Gasteiger charge is -2.30. The Kier molecular flexibility index (Phi) is 4.18. The van der Waals surface area contributed by atoms with Crippen molar-refractivity contribution < 1.29 is 0 Å². The number of hydrogen-bond acceptors (Lipinski definition) is 2. The molecular formula is C20H12N3P. The number of benzene rings is 2. The van der Waals surface area contributed by atoms with Gasteiger partial charge < -0.3 is 0 Å². The lowest BCUT2D eigenvalue weighted by atomic mass is 10.2. The van der Waals surface area contributed by atoms with Crippen molar-refractivity contribution in [3.63, 3.8) is 0 Å². The van der Waals surface area contributed by atoms with E-state index in [-0.39, 0.29) is 0 Å². The molecule has 4 heteroatoms. The minimum absolute atomic E-state index is 0.347. The minimum Gasteiger partial charge on any atom is -0.237 e. The monoisotopic (exact) mass is 325 g/mol. The molecule has 0 N–H and O–H groups in total. The third-order valence-electron chi connectivity index (χ3n) is 3.93. The van der Waals surface area contributed by atoms with Crippen LogP contribution in [0.3, 0.4) is 0 Å². The summed E-state index contributed by atoms with van der Waals surface area (Å²) >= 11 is 0. The highest BCUT2D eigenvalue weighted by Crippen LogP contribution is 2.57. The third kappa shape index (κ3) is 2.28. The molecule has 112 valence electrons. The lowest BCUT2D eigenvalue weighted by molar-refractivity contribution is 1.49. The summed E-state index contributed by atoms with van der Waals surface area (Å²) in [6, 6.07) is 23.7. The molecule has 3 nitrogen and oxygen atoms in total. The van der Waals surface area contributed by atoms with Crippen LogP contribution in [0.15, 0.2) is 83.8 Å². The second-order valence-corrected chi connectivity index (χ2v) is 8.48. The van der Waals surface area contributed by atoms with Crippen LogP contribution < -0.4 is 10.6 Å². The van der Waals surface area contributed by atoms with Gasteiger partial charge in [-0.25, -0.2) is 4.85 Å². The van der Waals surface area contributed by atoms with Gasteiger partial charge in [0, 0.05) is 12.5 Å². The molecule has 0 saturated heterocycles. The van der Waals surface area contributed by atoms with Crippen LogP contribution in [0.1, 0.15) is 0 Å². The summed E-state index contributed by atoms with van der Waals surface area (Å²) in [6.45, 7) is 5.18. The average Bonchev–Trinajstić information content (AvgIpc) is 2.68. The molecule has 1 aliphatic rings. The predicted octanol–water partition coefficient (Wildman–Crippen LogP) is 3.58. The largest absolute Gasteiger partial charge is 0.237 e. The Balaban J connectivity index is 2.56. The summed E-state index contributed by atoms with van der Waals surface area (Å²) in [5.41, 5.74) is 0.815. The molecule has 0 amide bonds. The van der Waals surface area contributed by atoms with Crippen molar-refractivity contribution in [2.45, 2.75) is 0 Å². The van der Waals surface area contributed by atoms with E-state index in [4.69, 9.17) is 6.57 Å². The van der Waals surface area contributed by atoms with Crippen molar-refractivity contribution in [2.24, 2.45) is 0 Å². The first-order chi connectivity index (χ1) is 11.8. The molecule has 0 bridgehead atoms. The molecule has 0 aromatic heterocycles. The Morgan fingerprint density at radius 2 is 1.33 bits per heavy atom. The fourth-order valence-electron chi connectivity index (χ4n) is 2.92. The maximum Gasteiger partial charge on any atom is 0.196 e. The first kappa shape index (κ1) is 15.6. The quantitative estimate of drug-likeness (QED) is 0.626. The smallest absolute Gasteiger partial charge is 0.196 e. The third-order valence-corrected chi connectivity index (χ3v) is 7.94. The summed E-state index contributed by atoms with van der Waals surface area (Å²) in [5, 5.41) is 21.5. The molecule has 0 saturated carbocycles. The predicted molar refractivity (Wildman–Crippen MR) is 98.1 cm³/mol. The summed E-state index contributed by atoms with van der Waals surface area (Å²) < 4.78 is 0. The highest BCUT2D eigenvalue weighted by Gasteiger charge is 2.34. The Labute approximate surface area is 141 Å². The van der Waals surface area contributed by atoms with Crippen molar-refractivity contribution in [3.05, 3.63) is 95.2 Å². The van der Waals surface area contributed by atoms with Crippen LogP contribution in [0.4, 0.5) is 0 Å². The van der Waals surface area contributed by atoms with Crippen LogP contribution in [0.5, 0.6) is 0 Å². The molecule has 0 radical (unpaired) electrons. The summed E-state index contributed by atoms with van der Waals surface area (Å²) in [4.78, 5) is 3.75. The van der Waals surface area contributed by atoms with Gasteiger partial charge in [0.25, 0.3) is 0 Å². The van der Waals surface area contributed by atoms with Crippen LogP contribution in [-0.2, 0) is 0 Å². The van der Waals surface area contributed by atoms with E-state index in [2.05, 4.69) is 17.0 Å². The van der Waals surface area contributed by atoms with E-state index in [0.29, 0.717) is 16.3 Å². The van der Waals surface area contributed by atoms with E-state index in [1.54, 1.807) is 12.2 Å². The standard InChI is InChI=1S/C20H12N3P/c1-23-20-13-16(14-21)12-19(15-22)24(20,17-8-4-2-5-9-17)18-10-6-3-7-11-18/h2-13H. The topological polar surface area (TPSA) is 51.9 Å². The van der Waals surface area contributed by atoms with Gasteiger partial charge in [0.2, 0.25) is 0 Å². The van der Waals surface area contributed by atoms with Crippen LogP contribution in [-0.4, -0.2) is 5.29 Å². The van der Waals surface area contributed by atoms with E-state index < -0.39 is 6.89 Å². The molecule has 1 aliphatic heterocycles. The zero-order chi connectivity index (χ0) is 17.0. The summed E-state index contributed by atoms with van der Waals surface area (Å²) in [7, 11) is 0. The number of nitriles is 2. The van der Waals surface area contributed by atoms with Crippen LogP contribution >= 0.6 is 6.89 Å². The molecule has 2 aromatic carbocycles. The molecule has 2 aromatic rings. The summed E-state index contributed by atoms with van der Waals surface area (Å²) in [5.74, 6) is 0. The Bertz CT molecular complexity index is 978. The van der Waals surface area contributed by atoms with E-state index >= 15 is 0 Å². The molecule has 0 aliphatic carbocycles. The lowest BCUT2D eigenvalue weighted by Crippen LogP contribution is -2.23. The highest BCUT2D eigenvalue weighted by molar-refractivity contribution is 7.93. The highest BCUT2D eigenvalue weighted by atomic mass is 31.2. The first-order valence-electron chi connectivity index (χ1n) is 7.26. The van der Waals surface area contributed by atoms with Crippen molar-refractivity contribution in [1.29, 1.82) is 10.5 Å².